The van der Waals surface area contributed by atoms with Gasteiger partial charge in [-0.05, 0) is 0 Å². The van der Waals surface area contributed by atoms with Crippen molar-refractivity contribution in [1.82, 2.24) is 4.31 Å². The lowest BCUT2D eigenvalue weighted by Crippen LogP contribution is -2.64. The zero-order chi connectivity index (χ0) is 19.4. The summed E-state index contributed by atoms with van der Waals surface area (Å²) in [6.07, 6.45) is 0. The topological polar surface area (TPSA) is 126 Å². The molecule has 1 fully saturated rings. The second-order valence-electron chi connectivity index (χ2n) is 4.64. The molecule has 0 radical (unpaired) electrons. The molecule has 0 unspecified atom stereocenters. The van der Waals surface area contributed by atoms with Gasteiger partial charge < -0.3 is 0 Å². The van der Waals surface area contributed by atoms with Crippen LogP contribution in [0.5, 0.6) is 0 Å². The number of sulfone groups is 1. The molecule has 144 valence electrons. The van der Waals surface area contributed by atoms with Gasteiger partial charge in [0.1, 0.15) is 0 Å². The van der Waals surface area contributed by atoms with Crippen molar-refractivity contribution >= 4 is 30.0 Å². The van der Waals surface area contributed by atoms with Crippen molar-refractivity contribution in [3.8, 4) is 0 Å². The van der Waals surface area contributed by atoms with Crippen LogP contribution in [0.15, 0.2) is 0 Å². The molecule has 1 N–H and O–H groups in total. The maximum atomic E-state index is 13.6. The number of hydrogen-bond donors (Lipinski definition) is 1. The van der Waals surface area contributed by atoms with Crippen LogP contribution in [0.4, 0.5) is 26.3 Å². The predicted octanol–water partition coefficient (Wildman–Crippen LogP) is -0.245. The fraction of sp³-hybridized carbons (Fsp3) is 1.00. The Balaban J connectivity index is 3.37. The Morgan fingerprint density at radius 3 is 1.54 bits per heavy atom. The Morgan fingerprint density at radius 1 is 0.833 bits per heavy atom. The number of hydrogen-bond acceptors (Lipinski definition) is 6. The minimum absolute atomic E-state index is 0.470. The SMILES string of the molecule is O=S1(=O)CCN(S(=O)(=O)C(F)(F)C(F)(F)C(F)(F)S(=O)(=O)O)CC1. The minimum atomic E-state index is -7.09. The Bertz CT molecular complexity index is 805. The number of nitrogens with zero attached hydrogens (tertiary/aromatic N) is 1. The quantitative estimate of drug-likeness (QED) is 0.472. The normalized spacial score (nSPS) is 21.6. The van der Waals surface area contributed by atoms with E-state index in [1.807, 2.05) is 0 Å². The molecule has 0 aliphatic carbocycles. The highest BCUT2D eigenvalue weighted by Crippen LogP contribution is 2.51. The molecule has 24 heavy (non-hydrogen) atoms. The van der Waals surface area contributed by atoms with Crippen LogP contribution in [0, 0.1) is 0 Å². The lowest BCUT2D eigenvalue weighted by molar-refractivity contribution is -0.246. The summed E-state index contributed by atoms with van der Waals surface area (Å²) in [6, 6.07) is 0. The summed E-state index contributed by atoms with van der Waals surface area (Å²) in [4.78, 5) is 0. The first kappa shape index (κ1) is 21.4. The van der Waals surface area contributed by atoms with Gasteiger partial charge in [0.2, 0.25) is 0 Å². The monoisotopic (exact) mass is 429 g/mol. The fourth-order valence-electron chi connectivity index (χ4n) is 1.59. The molecule has 0 aromatic rings. The van der Waals surface area contributed by atoms with Crippen molar-refractivity contribution < 1.29 is 56.1 Å². The first-order valence-electron chi connectivity index (χ1n) is 5.62. The standard InChI is InChI=1S/C7H9F6NO7S3/c8-5(9,7(12,13)24(19,20)21)6(10,11)23(17,18)14-1-3-22(15,16)4-2-14/h1-4H2,(H,19,20,21). The molecule has 0 aromatic heterocycles. The first-order valence-corrected chi connectivity index (χ1v) is 10.3. The summed E-state index contributed by atoms with van der Waals surface area (Å²) in [5.74, 6) is -9.09. The van der Waals surface area contributed by atoms with Crippen LogP contribution in [-0.2, 0) is 30.0 Å². The van der Waals surface area contributed by atoms with Gasteiger partial charge in [0.05, 0.1) is 11.5 Å². The second kappa shape index (κ2) is 5.68. The van der Waals surface area contributed by atoms with E-state index in [4.69, 9.17) is 4.55 Å². The highest BCUT2D eigenvalue weighted by atomic mass is 32.2. The Kier molecular flexibility index (Phi) is 5.06. The molecule has 1 rings (SSSR count). The molecule has 0 aromatic carbocycles. The van der Waals surface area contributed by atoms with Crippen LogP contribution in [0.1, 0.15) is 0 Å². The molecule has 1 heterocycles. The molecule has 0 atom stereocenters. The number of rotatable bonds is 5. The van der Waals surface area contributed by atoms with Crippen molar-refractivity contribution in [2.24, 2.45) is 0 Å². The van der Waals surface area contributed by atoms with Crippen molar-refractivity contribution in [2.75, 3.05) is 24.6 Å². The summed E-state index contributed by atoms with van der Waals surface area (Å²) in [5, 5.41) is -13.5. The molecule has 1 aliphatic heterocycles. The van der Waals surface area contributed by atoms with Gasteiger partial charge in [-0.3, -0.25) is 4.55 Å². The second-order valence-corrected chi connectivity index (χ2v) is 10.4. The van der Waals surface area contributed by atoms with E-state index >= 15 is 0 Å². The van der Waals surface area contributed by atoms with Crippen LogP contribution in [0.25, 0.3) is 0 Å². The maximum absolute atomic E-state index is 13.6. The molecule has 0 spiro atoms. The summed E-state index contributed by atoms with van der Waals surface area (Å²) in [7, 11) is -17.5. The van der Waals surface area contributed by atoms with Crippen LogP contribution in [0.2, 0.25) is 0 Å². The van der Waals surface area contributed by atoms with Crippen molar-refractivity contribution in [3.63, 3.8) is 0 Å². The lowest BCUT2D eigenvalue weighted by atomic mass is 10.3. The van der Waals surface area contributed by atoms with E-state index in [1.54, 1.807) is 0 Å². The molecule has 0 saturated carbocycles. The summed E-state index contributed by atoms with van der Waals surface area (Å²) in [6.45, 7) is -2.43. The maximum Gasteiger partial charge on any atom is 0.439 e. The van der Waals surface area contributed by atoms with Crippen LogP contribution >= 0.6 is 0 Å². The largest absolute Gasteiger partial charge is 0.439 e. The van der Waals surface area contributed by atoms with E-state index in [0.717, 1.165) is 0 Å². The van der Waals surface area contributed by atoms with E-state index in [0.29, 0.717) is 0 Å². The molecule has 0 bridgehead atoms. The lowest BCUT2D eigenvalue weighted by Gasteiger charge is -2.34. The highest BCUT2D eigenvalue weighted by molar-refractivity contribution is 7.92. The molecular weight excluding hydrogens is 420 g/mol. The predicted molar refractivity (Wildman–Crippen MR) is 65.5 cm³/mol. The van der Waals surface area contributed by atoms with Crippen LogP contribution in [0.3, 0.4) is 0 Å². The van der Waals surface area contributed by atoms with Gasteiger partial charge in [0.25, 0.3) is 10.0 Å². The molecule has 1 aliphatic rings. The van der Waals surface area contributed by atoms with Crippen LogP contribution in [-0.4, -0.2) is 75.1 Å². The Morgan fingerprint density at radius 2 is 1.21 bits per heavy atom. The van der Waals surface area contributed by atoms with E-state index < -0.39 is 75.3 Å². The average Bonchev–Trinajstić information content (AvgIpc) is 2.36. The fourth-order valence-corrected chi connectivity index (χ4v) is 4.98. The third-order valence-electron chi connectivity index (χ3n) is 3.02. The van der Waals surface area contributed by atoms with Gasteiger partial charge in [-0.2, -0.15) is 39.1 Å². The van der Waals surface area contributed by atoms with Gasteiger partial charge in [0.15, 0.2) is 9.84 Å². The molecular formula is C7H9F6NO7S3. The van der Waals surface area contributed by atoms with Gasteiger partial charge in [-0.15, -0.1) is 0 Å². The number of alkyl halides is 6. The molecule has 0 amide bonds. The summed E-state index contributed by atoms with van der Waals surface area (Å²) >= 11 is 0. The number of sulfonamides is 1. The van der Waals surface area contributed by atoms with Gasteiger partial charge >= 0.3 is 26.5 Å². The highest BCUT2D eigenvalue weighted by Gasteiger charge is 2.82. The minimum Gasteiger partial charge on any atom is -0.281 e. The third-order valence-corrected chi connectivity index (χ3v) is 7.49. The first-order chi connectivity index (χ1) is 10.3. The van der Waals surface area contributed by atoms with Gasteiger partial charge in [0, 0.05) is 13.1 Å². The van der Waals surface area contributed by atoms with Gasteiger partial charge in [-0.1, -0.05) is 0 Å². The number of halogens is 6. The zero-order valence-corrected chi connectivity index (χ0v) is 13.6. The molecule has 17 heteroatoms. The van der Waals surface area contributed by atoms with Crippen molar-refractivity contribution in [3.05, 3.63) is 0 Å². The van der Waals surface area contributed by atoms with E-state index in [-0.39, 0.29) is 0 Å². The summed E-state index contributed by atoms with van der Waals surface area (Å²) < 4.78 is 153. The molecule has 1 saturated heterocycles. The zero-order valence-electron chi connectivity index (χ0n) is 11.2. The van der Waals surface area contributed by atoms with Crippen molar-refractivity contribution in [1.29, 1.82) is 0 Å². The Labute approximate surface area is 132 Å². The average molecular weight is 429 g/mol. The van der Waals surface area contributed by atoms with E-state index in [9.17, 15) is 51.6 Å². The Hall–Kier alpha value is -0.650. The van der Waals surface area contributed by atoms with E-state index in [2.05, 4.69) is 0 Å². The van der Waals surface area contributed by atoms with Gasteiger partial charge in [-0.25, -0.2) is 16.8 Å². The smallest absolute Gasteiger partial charge is 0.281 e. The van der Waals surface area contributed by atoms with Crippen molar-refractivity contribution in [2.45, 2.75) is 16.4 Å². The molecule has 8 nitrogen and oxygen atoms in total. The summed E-state index contributed by atoms with van der Waals surface area (Å²) in [5.41, 5.74) is 0. The van der Waals surface area contributed by atoms with E-state index in [1.165, 1.54) is 0 Å². The third kappa shape index (κ3) is 3.11. The van der Waals surface area contributed by atoms with Crippen LogP contribution < -0.4 is 0 Å².